The van der Waals surface area contributed by atoms with E-state index in [1.54, 1.807) is 0 Å². The maximum absolute atomic E-state index is 13.1. The van der Waals surface area contributed by atoms with Crippen molar-refractivity contribution < 1.29 is 26.3 Å². The van der Waals surface area contributed by atoms with Crippen LogP contribution < -0.4 is 9.80 Å². The van der Waals surface area contributed by atoms with Gasteiger partial charge in [-0.3, -0.25) is 0 Å². The summed E-state index contributed by atoms with van der Waals surface area (Å²) in [5, 5.41) is 0. The number of hydrogen-bond acceptors (Lipinski definition) is 5. The van der Waals surface area contributed by atoms with Crippen molar-refractivity contribution in [3.63, 3.8) is 0 Å². The normalized spacial score (nSPS) is 16.1. The van der Waals surface area contributed by atoms with Crippen LogP contribution in [0, 0.1) is 0 Å². The summed E-state index contributed by atoms with van der Waals surface area (Å²) in [4.78, 5) is 14.1. The van der Waals surface area contributed by atoms with Crippen LogP contribution in [0.1, 0.15) is 11.3 Å². The highest BCUT2D eigenvalue weighted by atomic mass is 19.4. The molecule has 1 aliphatic heterocycles. The van der Waals surface area contributed by atoms with Gasteiger partial charge in [-0.05, 0) is 18.2 Å². The second-order valence-electron chi connectivity index (χ2n) is 5.59. The van der Waals surface area contributed by atoms with Crippen LogP contribution in [0.3, 0.4) is 0 Å². The molecule has 11 heteroatoms. The molecule has 0 aliphatic carbocycles. The predicted octanol–water partition coefficient (Wildman–Crippen LogP) is 3.24. The van der Waals surface area contributed by atoms with Crippen LogP contribution in [0.25, 0.3) is 0 Å². The van der Waals surface area contributed by atoms with Crippen LogP contribution >= 0.6 is 0 Å². The van der Waals surface area contributed by atoms with E-state index in [0.717, 1.165) is 18.3 Å². The Hall–Kier alpha value is -2.59. The summed E-state index contributed by atoms with van der Waals surface area (Å²) in [6, 6.07) is 2.92. The number of halogens is 6. The lowest BCUT2D eigenvalue weighted by atomic mass is 10.2. The number of hydrogen-bond donors (Lipinski definition) is 0. The molecule has 2 aromatic rings. The molecule has 0 bridgehead atoms. The first-order valence-corrected chi connectivity index (χ1v) is 7.58. The Labute approximate surface area is 144 Å². The number of aromatic nitrogens is 3. The van der Waals surface area contributed by atoms with E-state index in [4.69, 9.17) is 0 Å². The van der Waals surface area contributed by atoms with E-state index < -0.39 is 23.6 Å². The largest absolute Gasteiger partial charge is 0.433 e. The van der Waals surface area contributed by atoms with Crippen molar-refractivity contribution in [2.24, 2.45) is 0 Å². The number of pyridine rings is 1. The Morgan fingerprint density at radius 1 is 0.769 bits per heavy atom. The lowest BCUT2D eigenvalue weighted by molar-refractivity contribution is -0.141. The SMILES string of the molecule is FC(F)(F)c1ccnc(N2CCN(c3ncccc3C(F)(F)F)CC2)n1. The third kappa shape index (κ3) is 3.81. The van der Waals surface area contributed by atoms with Gasteiger partial charge in [-0.25, -0.2) is 15.0 Å². The van der Waals surface area contributed by atoms with Crippen molar-refractivity contribution >= 4 is 11.8 Å². The van der Waals surface area contributed by atoms with Gasteiger partial charge in [0.1, 0.15) is 11.5 Å². The monoisotopic (exact) mass is 377 g/mol. The average molecular weight is 377 g/mol. The summed E-state index contributed by atoms with van der Waals surface area (Å²) in [5.74, 6) is -0.291. The van der Waals surface area contributed by atoms with Crippen molar-refractivity contribution in [3.05, 3.63) is 41.9 Å². The fourth-order valence-electron chi connectivity index (χ4n) is 2.65. The van der Waals surface area contributed by atoms with E-state index in [-0.39, 0.29) is 37.9 Å². The first-order valence-electron chi connectivity index (χ1n) is 7.58. The standard InChI is InChI=1S/C15H13F6N5/c16-14(17,18)10-2-1-4-22-12(10)25-6-8-26(9-7-25)13-23-5-3-11(24-13)15(19,20)21/h1-5H,6-9H2. The second kappa shape index (κ2) is 6.61. The second-order valence-corrected chi connectivity index (χ2v) is 5.59. The van der Waals surface area contributed by atoms with Gasteiger partial charge >= 0.3 is 12.4 Å². The molecule has 0 saturated carbocycles. The van der Waals surface area contributed by atoms with E-state index in [2.05, 4.69) is 15.0 Å². The van der Waals surface area contributed by atoms with Gasteiger partial charge < -0.3 is 9.80 Å². The third-order valence-electron chi connectivity index (χ3n) is 3.89. The highest BCUT2D eigenvalue weighted by molar-refractivity contribution is 5.50. The highest BCUT2D eigenvalue weighted by Gasteiger charge is 2.37. The summed E-state index contributed by atoms with van der Waals surface area (Å²) < 4.78 is 77.5. The quantitative estimate of drug-likeness (QED) is 0.752. The molecular weight excluding hydrogens is 364 g/mol. The van der Waals surface area contributed by atoms with Gasteiger partial charge in [0, 0.05) is 38.6 Å². The van der Waals surface area contributed by atoms with E-state index >= 15 is 0 Å². The minimum atomic E-state index is -4.59. The fourth-order valence-corrected chi connectivity index (χ4v) is 2.65. The summed E-state index contributed by atoms with van der Waals surface area (Å²) in [6.07, 6.45) is -6.84. The molecule has 0 N–H and O–H groups in total. The number of anilines is 2. The third-order valence-corrected chi connectivity index (χ3v) is 3.89. The zero-order valence-corrected chi connectivity index (χ0v) is 13.2. The molecule has 1 aliphatic rings. The Morgan fingerprint density at radius 3 is 2.04 bits per heavy atom. The van der Waals surface area contributed by atoms with Gasteiger partial charge in [-0.15, -0.1) is 0 Å². The molecule has 0 amide bonds. The van der Waals surface area contributed by atoms with Crippen LogP contribution in [-0.4, -0.2) is 41.1 Å². The molecule has 3 heterocycles. The Morgan fingerprint density at radius 2 is 1.42 bits per heavy atom. The molecular formula is C15H13F6N5. The van der Waals surface area contributed by atoms with Crippen molar-refractivity contribution in [1.29, 1.82) is 0 Å². The van der Waals surface area contributed by atoms with Crippen LogP contribution in [0.15, 0.2) is 30.6 Å². The number of alkyl halides is 6. The van der Waals surface area contributed by atoms with Crippen LogP contribution in [0.2, 0.25) is 0 Å². The molecule has 3 rings (SSSR count). The Kier molecular flexibility index (Phi) is 4.63. The van der Waals surface area contributed by atoms with E-state index in [1.165, 1.54) is 22.1 Å². The van der Waals surface area contributed by atoms with Crippen molar-refractivity contribution in [1.82, 2.24) is 15.0 Å². The minimum Gasteiger partial charge on any atom is -0.353 e. The van der Waals surface area contributed by atoms with Crippen molar-refractivity contribution in [2.75, 3.05) is 36.0 Å². The average Bonchev–Trinajstić information content (AvgIpc) is 2.61. The Bertz CT molecular complexity index is 768. The van der Waals surface area contributed by atoms with Crippen LogP contribution in [0.4, 0.5) is 38.1 Å². The summed E-state index contributed by atoms with van der Waals surface area (Å²) in [6.45, 7) is 0.657. The summed E-state index contributed by atoms with van der Waals surface area (Å²) in [7, 11) is 0. The first kappa shape index (κ1) is 18.2. The van der Waals surface area contributed by atoms with Crippen molar-refractivity contribution in [2.45, 2.75) is 12.4 Å². The van der Waals surface area contributed by atoms with Crippen molar-refractivity contribution in [3.8, 4) is 0 Å². The molecule has 5 nitrogen and oxygen atoms in total. The zero-order chi connectivity index (χ0) is 18.9. The minimum absolute atomic E-state index is 0.100. The summed E-state index contributed by atoms with van der Waals surface area (Å²) in [5.41, 5.74) is -1.90. The van der Waals surface area contributed by atoms with Gasteiger partial charge in [0.2, 0.25) is 5.95 Å². The fraction of sp³-hybridized carbons (Fsp3) is 0.400. The highest BCUT2D eigenvalue weighted by Crippen LogP contribution is 2.35. The summed E-state index contributed by atoms with van der Waals surface area (Å²) >= 11 is 0. The van der Waals surface area contributed by atoms with E-state index in [1.807, 2.05) is 0 Å². The van der Waals surface area contributed by atoms with Gasteiger partial charge in [0.15, 0.2) is 0 Å². The molecule has 0 spiro atoms. The molecule has 0 unspecified atom stereocenters. The zero-order valence-electron chi connectivity index (χ0n) is 13.2. The molecule has 1 saturated heterocycles. The van der Waals surface area contributed by atoms with Gasteiger partial charge in [-0.1, -0.05) is 0 Å². The number of nitrogens with zero attached hydrogens (tertiary/aromatic N) is 5. The lowest BCUT2D eigenvalue weighted by Gasteiger charge is -2.36. The topological polar surface area (TPSA) is 45.2 Å². The molecule has 140 valence electrons. The maximum atomic E-state index is 13.1. The van der Waals surface area contributed by atoms with Crippen LogP contribution in [0.5, 0.6) is 0 Å². The van der Waals surface area contributed by atoms with Gasteiger partial charge in [0.05, 0.1) is 5.56 Å². The molecule has 0 atom stereocenters. The number of piperazine rings is 1. The molecule has 0 aromatic carbocycles. The predicted molar refractivity (Wildman–Crippen MR) is 80.7 cm³/mol. The number of rotatable bonds is 2. The van der Waals surface area contributed by atoms with Gasteiger partial charge in [-0.2, -0.15) is 26.3 Å². The van der Waals surface area contributed by atoms with Crippen LogP contribution in [-0.2, 0) is 12.4 Å². The smallest absolute Gasteiger partial charge is 0.353 e. The lowest BCUT2D eigenvalue weighted by Crippen LogP contribution is -2.48. The Balaban J connectivity index is 1.75. The van der Waals surface area contributed by atoms with E-state index in [9.17, 15) is 26.3 Å². The first-order chi connectivity index (χ1) is 12.2. The molecule has 1 fully saturated rings. The maximum Gasteiger partial charge on any atom is 0.433 e. The molecule has 0 radical (unpaired) electrons. The van der Waals surface area contributed by atoms with E-state index in [0.29, 0.717) is 0 Å². The molecule has 26 heavy (non-hydrogen) atoms. The molecule has 2 aromatic heterocycles. The van der Waals surface area contributed by atoms with Gasteiger partial charge in [0.25, 0.3) is 0 Å².